The zero-order valence-corrected chi connectivity index (χ0v) is 20.1. The van der Waals surface area contributed by atoms with Crippen molar-refractivity contribution in [2.75, 3.05) is 51.1 Å². The van der Waals surface area contributed by atoms with Gasteiger partial charge >= 0.3 is 0 Å². The zero-order chi connectivity index (χ0) is 24.6. The van der Waals surface area contributed by atoms with Gasteiger partial charge in [-0.05, 0) is 19.1 Å². The second-order valence-corrected chi connectivity index (χ2v) is 8.72. The standard InChI is InChI=1S/C27H32N6O2/c1-3-13-28-26(34)19-31-14-16-32(17-15-31)20-27(35)29-25-18-24(22-11-9-21(2)10-12-22)30-33(25)23-7-5-4-6-8-23/h3-12,18H,1,13-17,19-20H2,2H3,(H,28,34)(H,29,35). The van der Waals surface area contributed by atoms with E-state index < -0.39 is 0 Å². The molecule has 0 unspecified atom stereocenters. The van der Waals surface area contributed by atoms with E-state index in [2.05, 4.69) is 46.1 Å². The first-order valence-electron chi connectivity index (χ1n) is 11.9. The molecule has 2 aromatic carbocycles. The Morgan fingerprint density at radius 3 is 2.20 bits per heavy atom. The van der Waals surface area contributed by atoms with Crippen LogP contribution in [0.5, 0.6) is 0 Å². The third-order valence-corrected chi connectivity index (χ3v) is 5.97. The number of rotatable bonds is 9. The fourth-order valence-corrected chi connectivity index (χ4v) is 4.04. The van der Waals surface area contributed by atoms with E-state index in [1.54, 1.807) is 10.8 Å². The summed E-state index contributed by atoms with van der Waals surface area (Å²) >= 11 is 0. The molecule has 4 rings (SSSR count). The molecule has 8 heteroatoms. The molecule has 2 amide bonds. The smallest absolute Gasteiger partial charge is 0.239 e. The van der Waals surface area contributed by atoms with Gasteiger partial charge in [0.05, 0.1) is 24.5 Å². The lowest BCUT2D eigenvalue weighted by molar-refractivity contribution is -0.123. The lowest BCUT2D eigenvalue weighted by Crippen LogP contribution is -2.51. The van der Waals surface area contributed by atoms with Crippen LogP contribution in [0.2, 0.25) is 0 Å². The number of piperazine rings is 1. The molecular formula is C27H32N6O2. The first kappa shape index (κ1) is 24.4. The molecule has 2 N–H and O–H groups in total. The monoisotopic (exact) mass is 472 g/mol. The largest absolute Gasteiger partial charge is 0.352 e. The van der Waals surface area contributed by atoms with Crippen LogP contribution in [-0.2, 0) is 9.59 Å². The van der Waals surface area contributed by atoms with E-state index in [4.69, 9.17) is 5.10 Å². The van der Waals surface area contributed by atoms with Crippen molar-refractivity contribution in [2.24, 2.45) is 0 Å². The van der Waals surface area contributed by atoms with Crippen LogP contribution in [0, 0.1) is 6.92 Å². The van der Waals surface area contributed by atoms with Gasteiger partial charge in [0.1, 0.15) is 5.82 Å². The van der Waals surface area contributed by atoms with Crippen LogP contribution in [0.4, 0.5) is 5.82 Å². The van der Waals surface area contributed by atoms with Crippen molar-refractivity contribution in [2.45, 2.75) is 6.92 Å². The van der Waals surface area contributed by atoms with Crippen molar-refractivity contribution in [1.29, 1.82) is 0 Å². The van der Waals surface area contributed by atoms with Crippen molar-refractivity contribution in [3.05, 3.63) is 78.9 Å². The highest BCUT2D eigenvalue weighted by molar-refractivity contribution is 5.92. The first-order chi connectivity index (χ1) is 17.0. The molecule has 0 saturated carbocycles. The predicted octanol–water partition coefficient (Wildman–Crippen LogP) is 2.71. The minimum absolute atomic E-state index is 0.00496. The highest BCUT2D eigenvalue weighted by Gasteiger charge is 2.21. The Labute approximate surface area is 206 Å². The van der Waals surface area contributed by atoms with Gasteiger partial charge in [-0.25, -0.2) is 4.68 Å². The van der Waals surface area contributed by atoms with E-state index in [0.29, 0.717) is 18.9 Å². The van der Waals surface area contributed by atoms with Crippen molar-refractivity contribution in [3.63, 3.8) is 0 Å². The fraction of sp³-hybridized carbons (Fsp3) is 0.296. The maximum Gasteiger partial charge on any atom is 0.239 e. The average molecular weight is 473 g/mol. The molecule has 1 aromatic heterocycles. The minimum atomic E-state index is -0.0882. The molecule has 182 valence electrons. The van der Waals surface area contributed by atoms with E-state index >= 15 is 0 Å². The van der Waals surface area contributed by atoms with E-state index in [1.807, 2.05) is 48.5 Å². The molecule has 1 aliphatic rings. The summed E-state index contributed by atoms with van der Waals surface area (Å²) in [7, 11) is 0. The highest BCUT2D eigenvalue weighted by Crippen LogP contribution is 2.25. The number of carbonyl (C=O) groups is 2. The minimum Gasteiger partial charge on any atom is -0.352 e. The summed E-state index contributed by atoms with van der Waals surface area (Å²) in [6.07, 6.45) is 1.67. The Hall–Kier alpha value is -3.75. The molecule has 35 heavy (non-hydrogen) atoms. The number of aromatic nitrogens is 2. The van der Waals surface area contributed by atoms with E-state index in [-0.39, 0.29) is 18.4 Å². The molecule has 2 heterocycles. The molecule has 3 aromatic rings. The Kier molecular flexibility index (Phi) is 8.07. The number of nitrogens with one attached hydrogen (secondary N) is 2. The number of aryl methyl sites for hydroxylation is 1. The highest BCUT2D eigenvalue weighted by atomic mass is 16.2. The number of para-hydroxylation sites is 1. The molecule has 0 spiro atoms. The molecule has 1 aliphatic heterocycles. The van der Waals surface area contributed by atoms with Crippen LogP contribution < -0.4 is 10.6 Å². The van der Waals surface area contributed by atoms with Crippen LogP contribution in [0.25, 0.3) is 16.9 Å². The number of amides is 2. The second-order valence-electron chi connectivity index (χ2n) is 8.72. The van der Waals surface area contributed by atoms with E-state index in [0.717, 1.165) is 43.1 Å². The second kappa shape index (κ2) is 11.6. The molecule has 8 nitrogen and oxygen atoms in total. The van der Waals surface area contributed by atoms with Gasteiger partial charge in [0.15, 0.2) is 0 Å². The first-order valence-corrected chi connectivity index (χ1v) is 11.9. The summed E-state index contributed by atoms with van der Waals surface area (Å²) in [5.74, 6) is 0.540. The average Bonchev–Trinajstić information content (AvgIpc) is 3.28. The normalized spacial score (nSPS) is 14.4. The van der Waals surface area contributed by atoms with E-state index in [9.17, 15) is 9.59 Å². The number of hydrogen-bond acceptors (Lipinski definition) is 5. The van der Waals surface area contributed by atoms with Crippen LogP contribution in [0.15, 0.2) is 73.3 Å². The molecule has 0 aliphatic carbocycles. The zero-order valence-electron chi connectivity index (χ0n) is 20.1. The van der Waals surface area contributed by atoms with Gasteiger partial charge in [-0.3, -0.25) is 19.4 Å². The van der Waals surface area contributed by atoms with Crippen LogP contribution >= 0.6 is 0 Å². The third kappa shape index (κ3) is 6.65. The topological polar surface area (TPSA) is 82.5 Å². The molecule has 0 bridgehead atoms. The van der Waals surface area contributed by atoms with Crippen LogP contribution in [-0.4, -0.2) is 77.2 Å². The summed E-state index contributed by atoms with van der Waals surface area (Å²) < 4.78 is 1.77. The number of anilines is 1. The summed E-state index contributed by atoms with van der Waals surface area (Å²) in [4.78, 5) is 29.1. The fourth-order valence-electron chi connectivity index (χ4n) is 4.04. The Morgan fingerprint density at radius 1 is 0.943 bits per heavy atom. The number of carbonyl (C=O) groups excluding carboxylic acids is 2. The van der Waals surface area contributed by atoms with Crippen molar-refractivity contribution >= 4 is 17.6 Å². The summed E-state index contributed by atoms with van der Waals surface area (Å²) in [5.41, 5.74) is 3.85. The van der Waals surface area contributed by atoms with Crippen molar-refractivity contribution in [1.82, 2.24) is 24.9 Å². The Balaban J connectivity index is 1.39. The lowest BCUT2D eigenvalue weighted by Gasteiger charge is -2.33. The molecule has 1 saturated heterocycles. The SMILES string of the molecule is C=CCNC(=O)CN1CCN(CC(=O)Nc2cc(-c3ccc(C)cc3)nn2-c2ccccc2)CC1. The maximum atomic E-state index is 13.0. The van der Waals surface area contributed by atoms with Gasteiger partial charge in [-0.15, -0.1) is 6.58 Å². The summed E-state index contributed by atoms with van der Waals surface area (Å²) in [6, 6.07) is 19.9. The Bertz CT molecular complexity index is 1150. The number of benzene rings is 2. The van der Waals surface area contributed by atoms with Gasteiger partial charge in [-0.1, -0.05) is 54.1 Å². The predicted molar refractivity (Wildman–Crippen MR) is 138 cm³/mol. The number of hydrogen-bond donors (Lipinski definition) is 2. The third-order valence-electron chi connectivity index (χ3n) is 5.97. The van der Waals surface area contributed by atoms with Gasteiger partial charge in [0, 0.05) is 44.4 Å². The quantitative estimate of drug-likeness (QED) is 0.468. The van der Waals surface area contributed by atoms with Gasteiger partial charge in [0.2, 0.25) is 11.8 Å². The molecular weight excluding hydrogens is 440 g/mol. The lowest BCUT2D eigenvalue weighted by atomic mass is 10.1. The Morgan fingerprint density at radius 2 is 1.57 bits per heavy atom. The van der Waals surface area contributed by atoms with Crippen molar-refractivity contribution in [3.8, 4) is 16.9 Å². The van der Waals surface area contributed by atoms with E-state index in [1.165, 1.54) is 5.56 Å². The number of nitrogens with zero attached hydrogens (tertiary/aromatic N) is 4. The van der Waals surface area contributed by atoms with Crippen LogP contribution in [0.3, 0.4) is 0 Å². The maximum absolute atomic E-state index is 13.0. The van der Waals surface area contributed by atoms with Crippen molar-refractivity contribution < 1.29 is 9.59 Å². The van der Waals surface area contributed by atoms with Gasteiger partial charge < -0.3 is 10.6 Å². The molecule has 1 fully saturated rings. The summed E-state index contributed by atoms with van der Waals surface area (Å²) in [5, 5.41) is 10.6. The molecule has 0 atom stereocenters. The molecule has 0 radical (unpaired) electrons. The van der Waals surface area contributed by atoms with Gasteiger partial charge in [0.25, 0.3) is 0 Å². The van der Waals surface area contributed by atoms with Gasteiger partial charge in [-0.2, -0.15) is 5.10 Å². The summed E-state index contributed by atoms with van der Waals surface area (Å²) in [6.45, 7) is 9.74. The van der Waals surface area contributed by atoms with Crippen LogP contribution in [0.1, 0.15) is 5.56 Å².